The van der Waals surface area contributed by atoms with Crippen LogP contribution in [-0.2, 0) is 20.5 Å². The van der Waals surface area contributed by atoms with Crippen LogP contribution in [0.25, 0.3) is 0 Å². The number of allylic oxidation sites excluding steroid dienone is 3. The third-order valence-electron chi connectivity index (χ3n) is 7.83. The second-order valence-electron chi connectivity index (χ2n) is 10.5. The van der Waals surface area contributed by atoms with Gasteiger partial charge in [-0.05, 0) is 66.8 Å². The van der Waals surface area contributed by atoms with E-state index >= 15 is 0 Å². The molecule has 1 aliphatic heterocycles. The molecule has 1 aliphatic carbocycles. The fourth-order valence-corrected chi connectivity index (χ4v) is 5.74. The average molecular weight is 608 g/mol. The van der Waals surface area contributed by atoms with Crippen LogP contribution in [0.2, 0.25) is 0 Å². The summed E-state index contributed by atoms with van der Waals surface area (Å²) < 4.78 is 62.1. The highest BCUT2D eigenvalue weighted by atomic mass is 19.4. The van der Waals surface area contributed by atoms with E-state index in [1.54, 1.807) is 32.2 Å². The van der Waals surface area contributed by atoms with Crippen molar-refractivity contribution in [2.45, 2.75) is 37.8 Å². The van der Waals surface area contributed by atoms with E-state index in [-0.39, 0.29) is 36.9 Å². The number of halogens is 3. The first-order chi connectivity index (χ1) is 21.1. The number of dihydropyridines is 1. The Balaban J connectivity index is 1.45. The van der Waals surface area contributed by atoms with Crippen molar-refractivity contribution in [1.29, 1.82) is 0 Å². The van der Waals surface area contributed by atoms with Gasteiger partial charge in [0, 0.05) is 29.3 Å². The number of ketones is 1. The van der Waals surface area contributed by atoms with Crippen LogP contribution in [-0.4, -0.2) is 39.2 Å². The standard InChI is InChI=1S/C34H32F3NO6/c1-20-30(33(40)44-16-15-43-25-7-5-4-6-8-25)31(21-9-12-24(13-10-21)34(35,36)37)32-26(38-20)17-23(18-27(32)39)22-11-14-28(41-2)29(19-22)42-3/h4-14,19,23,31,38H,15-18H2,1-3H3/t23-,31+/m0/s1. The quantitative estimate of drug-likeness (QED) is 0.214. The van der Waals surface area contributed by atoms with E-state index in [1.807, 2.05) is 30.3 Å². The minimum atomic E-state index is -4.53. The molecule has 0 unspecified atom stereocenters. The molecule has 0 spiro atoms. The van der Waals surface area contributed by atoms with Crippen molar-refractivity contribution in [1.82, 2.24) is 5.32 Å². The Bertz CT molecular complexity index is 1600. The Morgan fingerprint density at radius 3 is 2.23 bits per heavy atom. The number of hydrogen-bond acceptors (Lipinski definition) is 7. The van der Waals surface area contributed by atoms with Gasteiger partial charge in [0.15, 0.2) is 17.3 Å². The smallest absolute Gasteiger partial charge is 0.416 e. The molecule has 3 aromatic rings. The van der Waals surface area contributed by atoms with Gasteiger partial charge in [0.2, 0.25) is 0 Å². The number of esters is 1. The molecule has 0 aromatic heterocycles. The van der Waals surface area contributed by atoms with Crippen LogP contribution >= 0.6 is 0 Å². The summed E-state index contributed by atoms with van der Waals surface area (Å²) in [6.45, 7) is 1.73. The van der Waals surface area contributed by atoms with Crippen LogP contribution in [0.4, 0.5) is 13.2 Å². The summed E-state index contributed by atoms with van der Waals surface area (Å²) in [6.07, 6.45) is -3.95. The van der Waals surface area contributed by atoms with Crippen LogP contribution in [0.3, 0.4) is 0 Å². The lowest BCUT2D eigenvalue weighted by atomic mass is 9.71. The molecule has 2 aliphatic rings. The molecule has 0 saturated heterocycles. The third kappa shape index (κ3) is 6.44. The molecule has 3 aromatic carbocycles. The second-order valence-corrected chi connectivity index (χ2v) is 10.5. The summed E-state index contributed by atoms with van der Waals surface area (Å²) in [5.41, 5.74) is 2.03. The van der Waals surface area contributed by atoms with Crippen molar-refractivity contribution < 1.29 is 41.7 Å². The van der Waals surface area contributed by atoms with Gasteiger partial charge in [-0.15, -0.1) is 0 Å². The summed E-state index contributed by atoms with van der Waals surface area (Å²) in [6, 6.07) is 19.1. The Hall–Kier alpha value is -4.73. The van der Waals surface area contributed by atoms with E-state index in [2.05, 4.69) is 5.32 Å². The predicted molar refractivity (Wildman–Crippen MR) is 156 cm³/mol. The molecule has 5 rings (SSSR count). The average Bonchev–Trinajstić information content (AvgIpc) is 3.02. The maximum absolute atomic E-state index is 13.9. The molecule has 1 N–H and O–H groups in total. The van der Waals surface area contributed by atoms with E-state index < -0.39 is 23.6 Å². The molecule has 0 saturated carbocycles. The SMILES string of the molecule is COc1ccc([C@@H]2CC(=O)C3=C(C2)NC(C)=C(C(=O)OCCOc2ccccc2)[C@H]3c2ccc(C(F)(F)F)cc2)cc1OC. The number of Topliss-reactive ketones (excluding diaryl/α,β-unsaturated/α-hetero) is 1. The van der Waals surface area contributed by atoms with E-state index in [4.69, 9.17) is 18.9 Å². The number of alkyl halides is 3. The molecule has 1 heterocycles. The van der Waals surface area contributed by atoms with E-state index in [0.717, 1.165) is 17.7 Å². The van der Waals surface area contributed by atoms with Gasteiger partial charge in [-0.25, -0.2) is 4.79 Å². The largest absolute Gasteiger partial charge is 0.493 e. The molecule has 230 valence electrons. The maximum atomic E-state index is 13.9. The highest BCUT2D eigenvalue weighted by Crippen LogP contribution is 2.47. The van der Waals surface area contributed by atoms with Gasteiger partial charge in [-0.1, -0.05) is 36.4 Å². The summed E-state index contributed by atoms with van der Waals surface area (Å²) in [4.78, 5) is 27.4. The molecule has 0 fully saturated rings. The Labute approximate surface area is 253 Å². The van der Waals surface area contributed by atoms with Crippen LogP contribution in [0.1, 0.15) is 48.3 Å². The molecular formula is C34H32F3NO6. The van der Waals surface area contributed by atoms with Gasteiger partial charge in [-0.2, -0.15) is 13.2 Å². The van der Waals surface area contributed by atoms with Crippen molar-refractivity contribution in [3.8, 4) is 17.2 Å². The number of carbonyl (C=O) groups is 2. The summed E-state index contributed by atoms with van der Waals surface area (Å²) in [5.74, 6) is -0.284. The normalized spacial score (nSPS) is 18.4. The van der Waals surface area contributed by atoms with E-state index in [1.165, 1.54) is 19.2 Å². The topological polar surface area (TPSA) is 83.1 Å². The molecule has 7 nitrogen and oxygen atoms in total. The molecular weight excluding hydrogens is 575 g/mol. The zero-order chi connectivity index (χ0) is 31.4. The number of rotatable bonds is 9. The summed E-state index contributed by atoms with van der Waals surface area (Å²) >= 11 is 0. The summed E-state index contributed by atoms with van der Waals surface area (Å²) in [5, 5.41) is 3.25. The van der Waals surface area contributed by atoms with Gasteiger partial charge < -0.3 is 24.3 Å². The van der Waals surface area contributed by atoms with Crippen LogP contribution in [0, 0.1) is 0 Å². The molecule has 0 radical (unpaired) electrons. The molecule has 10 heteroatoms. The number of nitrogens with one attached hydrogen (secondary N) is 1. The number of carbonyl (C=O) groups excluding carboxylic acids is 2. The van der Waals surface area contributed by atoms with Gasteiger partial charge >= 0.3 is 12.1 Å². The monoisotopic (exact) mass is 607 g/mol. The van der Waals surface area contributed by atoms with Crippen LogP contribution in [0.5, 0.6) is 17.2 Å². The zero-order valence-electron chi connectivity index (χ0n) is 24.5. The number of methoxy groups -OCH3 is 2. The third-order valence-corrected chi connectivity index (χ3v) is 7.83. The first kappa shape index (κ1) is 30.7. The minimum Gasteiger partial charge on any atom is -0.493 e. The minimum absolute atomic E-state index is 0.0640. The highest BCUT2D eigenvalue weighted by Gasteiger charge is 2.42. The van der Waals surface area contributed by atoms with E-state index in [0.29, 0.717) is 46.2 Å². The van der Waals surface area contributed by atoms with Gasteiger partial charge in [-0.3, -0.25) is 4.79 Å². The van der Waals surface area contributed by atoms with Crippen molar-refractivity contribution in [3.63, 3.8) is 0 Å². The maximum Gasteiger partial charge on any atom is 0.416 e. The molecule has 44 heavy (non-hydrogen) atoms. The van der Waals surface area contributed by atoms with Crippen molar-refractivity contribution >= 4 is 11.8 Å². The second kappa shape index (κ2) is 12.9. The predicted octanol–water partition coefficient (Wildman–Crippen LogP) is 6.71. The van der Waals surface area contributed by atoms with E-state index in [9.17, 15) is 22.8 Å². The summed E-state index contributed by atoms with van der Waals surface area (Å²) in [7, 11) is 3.08. The Morgan fingerprint density at radius 1 is 0.886 bits per heavy atom. The van der Waals surface area contributed by atoms with Crippen molar-refractivity contribution in [2.75, 3.05) is 27.4 Å². The van der Waals surface area contributed by atoms with Gasteiger partial charge in [0.25, 0.3) is 0 Å². The van der Waals surface area contributed by atoms with Crippen molar-refractivity contribution in [2.24, 2.45) is 0 Å². The fraction of sp³-hybridized carbons (Fsp3) is 0.294. The van der Waals surface area contributed by atoms with Crippen LogP contribution < -0.4 is 19.5 Å². The Kier molecular flexibility index (Phi) is 8.98. The fourth-order valence-electron chi connectivity index (χ4n) is 5.74. The van der Waals surface area contributed by atoms with Crippen LogP contribution in [0.15, 0.2) is 95.3 Å². The first-order valence-electron chi connectivity index (χ1n) is 14.1. The highest BCUT2D eigenvalue weighted by molar-refractivity contribution is 6.04. The molecule has 0 amide bonds. The zero-order valence-corrected chi connectivity index (χ0v) is 24.5. The first-order valence-corrected chi connectivity index (χ1v) is 14.1. The number of benzene rings is 3. The van der Waals surface area contributed by atoms with Gasteiger partial charge in [0.05, 0.1) is 25.4 Å². The van der Waals surface area contributed by atoms with Crippen molar-refractivity contribution in [3.05, 3.63) is 112 Å². The lowest BCUT2D eigenvalue weighted by Gasteiger charge is -2.37. The number of para-hydroxylation sites is 1. The Morgan fingerprint density at radius 2 is 1.57 bits per heavy atom. The van der Waals surface area contributed by atoms with Gasteiger partial charge in [0.1, 0.15) is 19.0 Å². The molecule has 2 atom stereocenters. The number of hydrogen-bond donors (Lipinski definition) is 1. The molecule has 0 bridgehead atoms. The number of ether oxygens (including phenoxy) is 4. The lowest BCUT2D eigenvalue weighted by molar-refractivity contribution is -0.140. The lowest BCUT2D eigenvalue weighted by Crippen LogP contribution is -2.36.